The van der Waals surface area contributed by atoms with E-state index in [2.05, 4.69) is 6.92 Å². The van der Waals surface area contributed by atoms with E-state index in [1.807, 2.05) is 44.2 Å². The summed E-state index contributed by atoms with van der Waals surface area (Å²) in [5.74, 6) is -1.02. The zero-order chi connectivity index (χ0) is 49.1. The lowest BCUT2D eigenvalue weighted by molar-refractivity contribution is -0.353. The van der Waals surface area contributed by atoms with Crippen molar-refractivity contribution < 1.29 is 82.8 Å². The van der Waals surface area contributed by atoms with Crippen molar-refractivity contribution in [1.82, 2.24) is 0 Å². The minimum Gasteiger partial charge on any atom is -0.458 e. The van der Waals surface area contributed by atoms with E-state index in [0.29, 0.717) is 38.5 Å². The SMILES string of the molecule is CO[C@H]1[C@@H](O)[C@H](O[C@@H]2[C@@H](C)O[C@@H](O[C@H]3[C@@H](OC)C[C@H](O[C@H]4CC[C@@]5(C)[C@H](CC[C@]6(O)[C@@H]5C[C@@H](OC(=O)C=Cc5ccccc5)[C@@]5(C)[C@]6(O)CC[C@@]5(O)[C@H](C)O)C4)O[C@@H]3C)C[C@H]2OC)O[C@H](C)[C@H]1O. The van der Waals surface area contributed by atoms with Gasteiger partial charge in [-0.2, -0.15) is 0 Å². The van der Waals surface area contributed by atoms with Gasteiger partial charge in [-0.1, -0.05) is 44.2 Å². The first-order valence-electron chi connectivity index (χ1n) is 24.8. The molecule has 1 aromatic carbocycles. The Kier molecular flexibility index (Phi) is 15.4. The minimum atomic E-state index is -1.86. The average molecular weight is 963 g/mol. The Labute approximate surface area is 400 Å². The van der Waals surface area contributed by atoms with E-state index in [-0.39, 0.29) is 37.7 Å². The lowest BCUT2D eigenvalue weighted by atomic mass is 9.40. The standard InChI is InChI=1S/C51H78O17/c1-27-41(54)45(61-9)42(55)46(64-27)68-44-29(3)63-40(25-35(44)60-8)67-43-28(2)62-39(24-34(43)59-7)65-33-18-19-47(5)32(23-33)17-20-50(57)36(47)26-37(66-38(53)16-15-31-13-11-10-12-14-31)48(6)49(56,30(4)52)21-22-51(48,50)58/h10-16,27-30,32-37,39-46,52,54-58H,17-26H2,1-9H3/t27-,28-,29-,30+,32-,33+,34+,35-,36-,37-,39+,40+,41-,42-,43-,44-,45-,46+,47+,48-,49-,50+,51-/m1/s1. The summed E-state index contributed by atoms with van der Waals surface area (Å²) >= 11 is 0. The maximum atomic E-state index is 13.6. The number of aliphatic hydroxyl groups excluding tert-OH is 3. The molecule has 1 aromatic rings. The molecule has 0 aromatic heterocycles. The molecule has 384 valence electrons. The fourth-order valence-electron chi connectivity index (χ4n) is 14.1. The number of carbonyl (C=O) groups excluding carboxylic acids is 1. The molecule has 17 heteroatoms. The van der Waals surface area contributed by atoms with Crippen molar-refractivity contribution in [3.8, 4) is 0 Å². The Morgan fingerprint density at radius 1 is 0.735 bits per heavy atom. The molecule has 17 nitrogen and oxygen atoms in total. The van der Waals surface area contributed by atoms with Crippen molar-refractivity contribution in [3.63, 3.8) is 0 Å². The number of carbonyl (C=O) groups is 1. The third-order valence-corrected chi connectivity index (χ3v) is 18.2. The number of hydrogen-bond donors (Lipinski definition) is 6. The lowest BCUT2D eigenvalue weighted by Gasteiger charge is -2.69. The highest BCUT2D eigenvalue weighted by Crippen LogP contribution is 2.72. The zero-order valence-corrected chi connectivity index (χ0v) is 41.2. The largest absolute Gasteiger partial charge is 0.458 e. The molecule has 68 heavy (non-hydrogen) atoms. The van der Waals surface area contributed by atoms with Gasteiger partial charge in [-0.05, 0) is 108 Å². The van der Waals surface area contributed by atoms with Gasteiger partial charge in [0.1, 0.15) is 47.8 Å². The van der Waals surface area contributed by atoms with Gasteiger partial charge in [0.2, 0.25) is 0 Å². The summed E-state index contributed by atoms with van der Waals surface area (Å²) in [7, 11) is 4.63. The van der Waals surface area contributed by atoms with E-state index in [0.717, 1.165) is 5.56 Å². The number of rotatable bonds is 13. The van der Waals surface area contributed by atoms with E-state index in [1.54, 1.807) is 34.1 Å². The smallest absolute Gasteiger partial charge is 0.331 e. The van der Waals surface area contributed by atoms with Gasteiger partial charge >= 0.3 is 5.97 Å². The number of benzene rings is 1. The zero-order valence-electron chi connectivity index (χ0n) is 41.2. The van der Waals surface area contributed by atoms with Gasteiger partial charge in [-0.3, -0.25) is 0 Å². The number of aliphatic hydroxyl groups is 6. The quantitative estimate of drug-likeness (QED) is 0.0944. The Balaban J connectivity index is 0.910. The lowest BCUT2D eigenvalue weighted by Crippen LogP contribution is -2.79. The van der Waals surface area contributed by atoms with Crippen LogP contribution in [0.4, 0.5) is 0 Å². The van der Waals surface area contributed by atoms with E-state index in [1.165, 1.54) is 20.1 Å². The maximum absolute atomic E-state index is 13.6. The fraction of sp³-hybridized carbons (Fsp3) is 0.824. The van der Waals surface area contributed by atoms with Crippen LogP contribution < -0.4 is 0 Å². The van der Waals surface area contributed by atoms with Crippen molar-refractivity contribution in [1.29, 1.82) is 0 Å². The van der Waals surface area contributed by atoms with Crippen LogP contribution in [0.1, 0.15) is 111 Å². The van der Waals surface area contributed by atoms with Crippen LogP contribution >= 0.6 is 0 Å². The van der Waals surface area contributed by atoms with Crippen LogP contribution in [-0.2, 0) is 52.2 Å². The Morgan fingerprint density at radius 3 is 1.99 bits per heavy atom. The highest BCUT2D eigenvalue weighted by molar-refractivity contribution is 5.87. The Morgan fingerprint density at radius 2 is 1.37 bits per heavy atom. The first-order chi connectivity index (χ1) is 32.2. The molecule has 8 rings (SSSR count). The second-order valence-electron chi connectivity index (χ2n) is 21.5. The molecule has 0 bridgehead atoms. The summed E-state index contributed by atoms with van der Waals surface area (Å²) in [6.45, 7) is 10.8. The summed E-state index contributed by atoms with van der Waals surface area (Å²) in [5, 5.41) is 70.7. The first kappa shape index (κ1) is 52.2. The molecule has 0 unspecified atom stereocenters. The molecule has 7 fully saturated rings. The van der Waals surface area contributed by atoms with Crippen LogP contribution in [0.2, 0.25) is 0 Å². The predicted octanol–water partition coefficient (Wildman–Crippen LogP) is 3.54. The molecule has 4 saturated carbocycles. The topological polar surface area (TPSA) is 231 Å². The van der Waals surface area contributed by atoms with E-state index < -0.39 is 132 Å². The molecular weight excluding hydrogens is 885 g/mol. The number of hydrogen-bond acceptors (Lipinski definition) is 17. The maximum Gasteiger partial charge on any atom is 0.331 e. The third-order valence-electron chi connectivity index (χ3n) is 18.2. The van der Waals surface area contributed by atoms with Crippen molar-refractivity contribution in [2.75, 3.05) is 21.3 Å². The molecule has 0 amide bonds. The van der Waals surface area contributed by atoms with Gasteiger partial charge in [0.25, 0.3) is 0 Å². The van der Waals surface area contributed by atoms with Gasteiger partial charge in [-0.25, -0.2) is 4.79 Å². The average Bonchev–Trinajstić information content (AvgIpc) is 3.54. The number of ether oxygens (including phenoxy) is 10. The van der Waals surface area contributed by atoms with E-state index in [9.17, 15) is 35.4 Å². The van der Waals surface area contributed by atoms with E-state index >= 15 is 0 Å². The van der Waals surface area contributed by atoms with Crippen molar-refractivity contribution in [2.45, 2.75) is 221 Å². The fourth-order valence-corrected chi connectivity index (χ4v) is 14.1. The molecule has 6 N–H and O–H groups in total. The summed E-state index contributed by atoms with van der Waals surface area (Å²) in [4.78, 5) is 13.6. The van der Waals surface area contributed by atoms with Gasteiger partial charge in [0, 0.05) is 40.2 Å². The molecule has 4 aliphatic carbocycles. The van der Waals surface area contributed by atoms with Crippen LogP contribution in [0.5, 0.6) is 0 Å². The highest BCUT2D eigenvalue weighted by atomic mass is 16.8. The Hall–Kier alpha value is -2.17. The molecule has 0 spiro atoms. The number of fused-ring (bicyclic) bond motifs is 5. The first-order valence-corrected chi connectivity index (χ1v) is 24.8. The van der Waals surface area contributed by atoms with Crippen LogP contribution in [0.25, 0.3) is 6.08 Å². The van der Waals surface area contributed by atoms with Crippen LogP contribution in [0.15, 0.2) is 36.4 Å². The molecule has 0 radical (unpaired) electrons. The van der Waals surface area contributed by atoms with Crippen LogP contribution in [0, 0.1) is 22.7 Å². The summed E-state index contributed by atoms with van der Waals surface area (Å²) in [6.07, 6.45) is -4.68. The molecule has 3 heterocycles. The number of esters is 1. The summed E-state index contributed by atoms with van der Waals surface area (Å²) in [6, 6.07) is 9.36. The minimum absolute atomic E-state index is 0.0329. The molecule has 7 aliphatic rings. The normalized spacial score (nSPS) is 50.0. The molecule has 3 aliphatic heterocycles. The second-order valence-corrected chi connectivity index (χ2v) is 21.5. The summed E-state index contributed by atoms with van der Waals surface area (Å²) in [5.41, 5.74) is -6.56. The monoisotopic (exact) mass is 963 g/mol. The van der Waals surface area contributed by atoms with Crippen LogP contribution in [-0.4, -0.2) is 173 Å². The predicted molar refractivity (Wildman–Crippen MR) is 243 cm³/mol. The van der Waals surface area contributed by atoms with Gasteiger partial charge in [-0.15, -0.1) is 0 Å². The molecule has 3 saturated heterocycles. The van der Waals surface area contributed by atoms with Crippen LogP contribution in [0.3, 0.4) is 0 Å². The van der Waals surface area contributed by atoms with Crippen molar-refractivity contribution in [3.05, 3.63) is 42.0 Å². The number of methoxy groups -OCH3 is 3. The van der Waals surface area contributed by atoms with Crippen molar-refractivity contribution >= 4 is 12.0 Å². The highest BCUT2D eigenvalue weighted by Gasteiger charge is 2.81. The second kappa shape index (κ2) is 20.0. The Bertz CT molecular complexity index is 1910. The van der Waals surface area contributed by atoms with Gasteiger partial charge in [0.15, 0.2) is 18.9 Å². The van der Waals surface area contributed by atoms with Gasteiger partial charge in [0.05, 0.1) is 53.7 Å². The van der Waals surface area contributed by atoms with E-state index in [4.69, 9.17) is 47.4 Å². The molecular formula is C51H78O17. The van der Waals surface area contributed by atoms with Gasteiger partial charge < -0.3 is 78.0 Å². The van der Waals surface area contributed by atoms with Crippen molar-refractivity contribution in [2.24, 2.45) is 22.7 Å². The summed E-state index contributed by atoms with van der Waals surface area (Å²) < 4.78 is 61.8. The molecule has 23 atom stereocenters. The third kappa shape index (κ3) is 8.84.